The molecule has 3 aromatic rings. The van der Waals surface area contributed by atoms with Crippen molar-refractivity contribution in [2.75, 3.05) is 4.72 Å². The van der Waals surface area contributed by atoms with E-state index < -0.39 is 10.0 Å². The topological polar surface area (TPSA) is 108 Å². The van der Waals surface area contributed by atoms with Gasteiger partial charge in [0.05, 0.1) is 15.9 Å². The second kappa shape index (κ2) is 4.49. The second-order valence-corrected chi connectivity index (χ2v) is 5.79. The fourth-order valence-electron chi connectivity index (χ4n) is 1.80. The molecule has 3 rings (SSSR count). The maximum absolute atomic E-state index is 12.2. The lowest BCUT2D eigenvalue weighted by molar-refractivity contribution is 0.601. The molecule has 0 amide bonds. The van der Waals surface area contributed by atoms with Gasteiger partial charge in [-0.1, -0.05) is 6.07 Å². The first kappa shape index (κ1) is 12.4. The average Bonchev–Trinajstić information content (AvgIpc) is 2.78. The number of hydrogen-bond acceptors (Lipinski definition) is 4. The summed E-state index contributed by atoms with van der Waals surface area (Å²) in [4.78, 5) is 20.2. The predicted molar refractivity (Wildman–Crippen MR) is 74.0 cm³/mol. The first-order chi connectivity index (χ1) is 9.54. The number of nitrogens with zero attached hydrogens (tertiary/aromatic N) is 1. The van der Waals surface area contributed by atoms with Crippen molar-refractivity contribution in [1.82, 2.24) is 15.0 Å². The van der Waals surface area contributed by atoms with E-state index in [0.29, 0.717) is 11.0 Å². The fraction of sp³-hybridized carbons (Fsp3) is 0. The van der Waals surface area contributed by atoms with Crippen molar-refractivity contribution in [2.45, 2.75) is 4.90 Å². The number of benzene rings is 1. The van der Waals surface area contributed by atoms with Crippen LogP contribution in [-0.4, -0.2) is 23.4 Å². The van der Waals surface area contributed by atoms with Gasteiger partial charge in [-0.3, -0.25) is 4.72 Å². The number of pyridine rings is 1. The van der Waals surface area contributed by atoms with Crippen molar-refractivity contribution in [3.63, 3.8) is 0 Å². The summed E-state index contributed by atoms with van der Waals surface area (Å²) in [5, 5.41) is 0. The highest BCUT2D eigenvalue weighted by Crippen LogP contribution is 2.17. The van der Waals surface area contributed by atoms with Crippen molar-refractivity contribution in [3.8, 4) is 0 Å². The van der Waals surface area contributed by atoms with Crippen molar-refractivity contribution < 1.29 is 8.42 Å². The van der Waals surface area contributed by atoms with E-state index in [0.717, 1.165) is 0 Å². The van der Waals surface area contributed by atoms with Crippen LogP contribution in [0.15, 0.2) is 52.3 Å². The van der Waals surface area contributed by atoms with Gasteiger partial charge in [-0.2, -0.15) is 0 Å². The Morgan fingerprint density at radius 1 is 1.05 bits per heavy atom. The van der Waals surface area contributed by atoms with Gasteiger partial charge in [0.15, 0.2) is 0 Å². The van der Waals surface area contributed by atoms with Gasteiger partial charge < -0.3 is 9.97 Å². The van der Waals surface area contributed by atoms with E-state index in [1.54, 1.807) is 18.2 Å². The van der Waals surface area contributed by atoms with Crippen LogP contribution in [0.25, 0.3) is 11.0 Å². The number of imidazole rings is 1. The van der Waals surface area contributed by atoms with Gasteiger partial charge in [0.25, 0.3) is 10.0 Å². The van der Waals surface area contributed by atoms with Crippen molar-refractivity contribution >= 4 is 26.9 Å². The number of fused-ring (bicyclic) bond motifs is 1. The highest BCUT2D eigenvalue weighted by atomic mass is 32.2. The van der Waals surface area contributed by atoms with Crippen LogP contribution in [-0.2, 0) is 10.0 Å². The van der Waals surface area contributed by atoms with Crippen molar-refractivity contribution in [2.24, 2.45) is 0 Å². The third kappa shape index (κ3) is 2.28. The molecule has 0 unspecified atom stereocenters. The smallest absolute Gasteiger partial charge is 0.306 e. The van der Waals surface area contributed by atoms with Crippen LogP contribution in [0, 0.1) is 0 Å². The van der Waals surface area contributed by atoms with E-state index in [2.05, 4.69) is 19.7 Å². The third-order valence-electron chi connectivity index (χ3n) is 2.70. The average molecular weight is 290 g/mol. The molecule has 0 aliphatic heterocycles. The van der Waals surface area contributed by atoms with Crippen LogP contribution in [0.2, 0.25) is 0 Å². The highest BCUT2D eigenvalue weighted by Gasteiger charge is 2.15. The molecule has 0 atom stereocenters. The zero-order valence-electron chi connectivity index (χ0n) is 10.1. The number of anilines is 1. The summed E-state index contributed by atoms with van der Waals surface area (Å²) in [5.74, 6) is 0.232. The van der Waals surface area contributed by atoms with E-state index in [9.17, 15) is 13.2 Å². The minimum absolute atomic E-state index is 0.0471. The lowest BCUT2D eigenvalue weighted by Crippen LogP contribution is -2.13. The van der Waals surface area contributed by atoms with Gasteiger partial charge >= 0.3 is 5.69 Å². The maximum Gasteiger partial charge on any atom is 0.323 e. The lowest BCUT2D eigenvalue weighted by atomic mass is 10.3. The molecular formula is C12H10N4O3S. The Morgan fingerprint density at radius 3 is 2.60 bits per heavy atom. The summed E-state index contributed by atoms with van der Waals surface area (Å²) >= 11 is 0. The van der Waals surface area contributed by atoms with Gasteiger partial charge in [-0.05, 0) is 30.3 Å². The van der Waals surface area contributed by atoms with Crippen LogP contribution in [0.5, 0.6) is 0 Å². The largest absolute Gasteiger partial charge is 0.323 e. The Kier molecular flexibility index (Phi) is 2.79. The van der Waals surface area contributed by atoms with E-state index in [1.807, 2.05) is 0 Å². The molecule has 0 saturated heterocycles. The second-order valence-electron chi connectivity index (χ2n) is 4.11. The summed E-state index contributed by atoms with van der Waals surface area (Å²) in [6, 6.07) is 9.25. The van der Waals surface area contributed by atoms with Gasteiger partial charge in [-0.15, -0.1) is 0 Å². The zero-order chi connectivity index (χ0) is 14.2. The molecule has 2 aromatic heterocycles. The molecule has 0 aliphatic carbocycles. The molecule has 0 aliphatic rings. The Bertz CT molecular complexity index is 913. The molecule has 102 valence electrons. The number of hydrogen-bond donors (Lipinski definition) is 3. The van der Waals surface area contributed by atoms with Gasteiger partial charge in [0.1, 0.15) is 5.82 Å². The number of H-pyrrole nitrogens is 2. The van der Waals surface area contributed by atoms with E-state index >= 15 is 0 Å². The first-order valence-corrected chi connectivity index (χ1v) is 7.19. The lowest BCUT2D eigenvalue weighted by Gasteiger charge is -2.06. The Balaban J connectivity index is 2.02. The number of aromatic amines is 2. The Hall–Kier alpha value is -2.61. The van der Waals surface area contributed by atoms with Gasteiger partial charge in [0, 0.05) is 6.20 Å². The molecule has 1 aromatic carbocycles. The molecule has 0 radical (unpaired) electrons. The molecular weight excluding hydrogens is 280 g/mol. The SMILES string of the molecule is O=c1[nH]c2ccc(S(=O)(=O)Nc3ccccn3)cc2[nH]1. The summed E-state index contributed by atoms with van der Waals surface area (Å²) in [7, 11) is -3.74. The van der Waals surface area contributed by atoms with Crippen LogP contribution < -0.4 is 10.4 Å². The molecule has 3 N–H and O–H groups in total. The molecule has 0 spiro atoms. The van der Waals surface area contributed by atoms with Crippen molar-refractivity contribution in [1.29, 1.82) is 0 Å². The monoisotopic (exact) mass is 290 g/mol. The van der Waals surface area contributed by atoms with Crippen molar-refractivity contribution in [3.05, 3.63) is 53.1 Å². The number of rotatable bonds is 3. The number of aromatic nitrogens is 3. The van der Waals surface area contributed by atoms with E-state index in [4.69, 9.17) is 0 Å². The van der Waals surface area contributed by atoms with E-state index in [1.165, 1.54) is 24.4 Å². The molecule has 2 heterocycles. The van der Waals surface area contributed by atoms with Gasteiger partial charge in [-0.25, -0.2) is 18.2 Å². The Labute approximate surface area is 113 Å². The minimum atomic E-state index is -3.74. The maximum atomic E-state index is 12.2. The molecule has 0 bridgehead atoms. The molecule has 20 heavy (non-hydrogen) atoms. The normalized spacial score (nSPS) is 11.6. The summed E-state index contributed by atoms with van der Waals surface area (Å²) < 4.78 is 26.8. The zero-order valence-corrected chi connectivity index (χ0v) is 10.9. The van der Waals surface area contributed by atoms with E-state index in [-0.39, 0.29) is 16.4 Å². The van der Waals surface area contributed by atoms with Crippen LogP contribution >= 0.6 is 0 Å². The summed E-state index contributed by atoms with van der Waals surface area (Å²) in [5.41, 5.74) is 0.595. The molecule has 0 saturated carbocycles. The summed E-state index contributed by atoms with van der Waals surface area (Å²) in [6.45, 7) is 0. The Morgan fingerprint density at radius 2 is 1.85 bits per heavy atom. The van der Waals surface area contributed by atoms with Gasteiger partial charge in [0.2, 0.25) is 0 Å². The van der Waals surface area contributed by atoms with Crippen LogP contribution in [0.3, 0.4) is 0 Å². The number of nitrogens with one attached hydrogen (secondary N) is 3. The predicted octanol–water partition coefficient (Wildman–Crippen LogP) is 1.05. The third-order valence-corrected chi connectivity index (χ3v) is 4.05. The minimum Gasteiger partial charge on any atom is -0.306 e. The quantitative estimate of drug-likeness (QED) is 0.670. The summed E-state index contributed by atoms with van der Waals surface area (Å²) in [6.07, 6.45) is 1.49. The fourth-order valence-corrected chi connectivity index (χ4v) is 2.83. The molecule has 7 nitrogen and oxygen atoms in total. The number of sulfonamides is 1. The van der Waals surface area contributed by atoms with Crippen LogP contribution in [0.4, 0.5) is 5.82 Å². The standard InChI is InChI=1S/C12H10N4O3S/c17-12-14-9-5-4-8(7-10(9)15-12)20(18,19)16-11-3-1-2-6-13-11/h1-7H,(H,13,16)(H2,14,15,17). The van der Waals surface area contributed by atoms with Crippen LogP contribution in [0.1, 0.15) is 0 Å². The molecule has 0 fully saturated rings. The first-order valence-electron chi connectivity index (χ1n) is 5.70. The molecule has 8 heteroatoms. The highest BCUT2D eigenvalue weighted by molar-refractivity contribution is 7.92.